The molecular formula is C11H13N3O5. The highest BCUT2D eigenvalue weighted by Crippen LogP contribution is 2.34. The lowest BCUT2D eigenvalue weighted by Crippen LogP contribution is -2.36. The van der Waals surface area contributed by atoms with Gasteiger partial charge in [0.1, 0.15) is 6.10 Å². The third-order valence-electron chi connectivity index (χ3n) is 3.15. The van der Waals surface area contributed by atoms with Gasteiger partial charge in [-0.05, 0) is 0 Å². The number of hydrogen-bond donors (Lipinski definition) is 3. The standard InChI is InChI=1S/C11H13N3O5/c12-3-1-6-7(5-15)19-10(9(6)17)14-4-2-8(16)13-11(14)18/h2,4,6-7,9-10,15,17H,1,5H2,(H,13,16,18)/t6-,7-,9-,10-/m1/s1. The van der Waals surface area contributed by atoms with Gasteiger partial charge < -0.3 is 14.9 Å². The summed E-state index contributed by atoms with van der Waals surface area (Å²) in [5.41, 5.74) is -1.27. The average Bonchev–Trinajstić information content (AvgIpc) is 2.68. The summed E-state index contributed by atoms with van der Waals surface area (Å²) in [6.07, 6.45) is -1.65. The van der Waals surface area contributed by atoms with E-state index >= 15 is 0 Å². The molecule has 0 aromatic carbocycles. The minimum Gasteiger partial charge on any atom is -0.394 e. The lowest BCUT2D eigenvalue weighted by atomic mass is 9.95. The number of nitriles is 1. The molecule has 0 bridgehead atoms. The molecule has 0 radical (unpaired) electrons. The molecule has 2 rings (SSSR count). The van der Waals surface area contributed by atoms with Crippen molar-refractivity contribution < 1.29 is 14.9 Å². The molecule has 0 unspecified atom stereocenters. The van der Waals surface area contributed by atoms with Crippen LogP contribution in [0.4, 0.5) is 0 Å². The second-order valence-electron chi connectivity index (χ2n) is 4.28. The summed E-state index contributed by atoms with van der Waals surface area (Å²) in [6.45, 7) is -0.363. The van der Waals surface area contributed by atoms with Crippen LogP contribution in [0.3, 0.4) is 0 Å². The third kappa shape index (κ3) is 2.44. The van der Waals surface area contributed by atoms with E-state index in [0.717, 1.165) is 10.6 Å². The van der Waals surface area contributed by atoms with Crippen LogP contribution in [0.1, 0.15) is 12.6 Å². The van der Waals surface area contributed by atoms with Gasteiger partial charge in [0.15, 0.2) is 6.23 Å². The van der Waals surface area contributed by atoms with Gasteiger partial charge in [-0.1, -0.05) is 0 Å². The van der Waals surface area contributed by atoms with Crippen LogP contribution in [0.2, 0.25) is 0 Å². The first-order valence-electron chi connectivity index (χ1n) is 5.71. The maximum atomic E-state index is 11.6. The number of rotatable bonds is 3. The Balaban J connectivity index is 2.34. The Morgan fingerprint density at radius 1 is 1.53 bits per heavy atom. The SMILES string of the molecule is N#CC[C@H]1[C@@H](O)[C@H](n2ccc(=O)[nH]c2=O)O[C@@H]1CO. The zero-order chi connectivity index (χ0) is 14.0. The number of nitrogens with zero attached hydrogens (tertiary/aromatic N) is 2. The van der Waals surface area contributed by atoms with Crippen molar-refractivity contribution in [3.63, 3.8) is 0 Å². The predicted octanol–water partition coefficient (Wildman–Crippen LogP) is -1.68. The second-order valence-corrected chi connectivity index (χ2v) is 4.28. The molecule has 0 saturated carbocycles. The highest BCUT2D eigenvalue weighted by molar-refractivity contribution is 4.95. The molecule has 1 aromatic heterocycles. The van der Waals surface area contributed by atoms with E-state index < -0.39 is 35.6 Å². The van der Waals surface area contributed by atoms with Gasteiger partial charge in [-0.3, -0.25) is 14.3 Å². The number of aromatic amines is 1. The van der Waals surface area contributed by atoms with Crippen molar-refractivity contribution in [3.05, 3.63) is 33.1 Å². The smallest absolute Gasteiger partial charge is 0.330 e. The van der Waals surface area contributed by atoms with E-state index in [1.165, 1.54) is 6.20 Å². The van der Waals surface area contributed by atoms with Gasteiger partial charge in [0.2, 0.25) is 0 Å². The molecule has 1 aromatic rings. The van der Waals surface area contributed by atoms with Gasteiger partial charge in [-0.15, -0.1) is 0 Å². The van der Waals surface area contributed by atoms with E-state index in [2.05, 4.69) is 0 Å². The Kier molecular flexibility index (Phi) is 3.80. The molecule has 1 aliphatic rings. The van der Waals surface area contributed by atoms with Gasteiger partial charge in [-0.2, -0.15) is 5.26 Å². The predicted molar refractivity (Wildman–Crippen MR) is 62.0 cm³/mol. The zero-order valence-electron chi connectivity index (χ0n) is 9.89. The van der Waals surface area contributed by atoms with Gasteiger partial charge in [0.25, 0.3) is 5.56 Å². The molecule has 0 amide bonds. The van der Waals surface area contributed by atoms with E-state index in [9.17, 15) is 14.7 Å². The van der Waals surface area contributed by atoms with Crippen LogP contribution in [0.5, 0.6) is 0 Å². The van der Waals surface area contributed by atoms with E-state index in [1.807, 2.05) is 11.1 Å². The summed E-state index contributed by atoms with van der Waals surface area (Å²) >= 11 is 0. The average molecular weight is 267 g/mol. The van der Waals surface area contributed by atoms with Crippen molar-refractivity contribution in [2.45, 2.75) is 24.9 Å². The van der Waals surface area contributed by atoms with Crippen molar-refractivity contribution in [1.29, 1.82) is 5.26 Å². The molecule has 8 nitrogen and oxygen atoms in total. The number of H-pyrrole nitrogens is 1. The molecule has 1 saturated heterocycles. The summed E-state index contributed by atoms with van der Waals surface area (Å²) in [5, 5.41) is 27.9. The molecule has 0 aliphatic carbocycles. The number of hydrogen-bond acceptors (Lipinski definition) is 6. The third-order valence-corrected chi connectivity index (χ3v) is 3.15. The first-order chi connectivity index (χ1) is 9.08. The lowest BCUT2D eigenvalue weighted by Gasteiger charge is -2.17. The minimum atomic E-state index is -1.11. The number of ether oxygens (including phenoxy) is 1. The summed E-state index contributed by atoms with van der Waals surface area (Å²) in [4.78, 5) is 24.6. The van der Waals surface area contributed by atoms with E-state index in [0.29, 0.717) is 0 Å². The van der Waals surface area contributed by atoms with Crippen molar-refractivity contribution in [2.24, 2.45) is 5.92 Å². The second kappa shape index (κ2) is 5.36. The Morgan fingerprint density at radius 2 is 2.26 bits per heavy atom. The van der Waals surface area contributed by atoms with Crippen LogP contribution in [-0.2, 0) is 4.74 Å². The Bertz CT molecular complexity index is 601. The Morgan fingerprint density at radius 3 is 2.84 bits per heavy atom. The fourth-order valence-corrected chi connectivity index (χ4v) is 2.19. The van der Waals surface area contributed by atoms with Gasteiger partial charge >= 0.3 is 5.69 Å². The van der Waals surface area contributed by atoms with Gasteiger partial charge in [-0.25, -0.2) is 4.79 Å². The summed E-state index contributed by atoms with van der Waals surface area (Å²) in [5.74, 6) is -0.584. The van der Waals surface area contributed by atoms with E-state index in [-0.39, 0.29) is 13.0 Å². The van der Waals surface area contributed by atoms with E-state index in [1.54, 1.807) is 0 Å². The molecular weight excluding hydrogens is 254 g/mol. The maximum absolute atomic E-state index is 11.6. The molecule has 3 N–H and O–H groups in total. The molecule has 2 heterocycles. The van der Waals surface area contributed by atoms with Crippen LogP contribution in [0, 0.1) is 17.2 Å². The summed E-state index contributed by atoms with van der Waals surface area (Å²) in [7, 11) is 0. The largest absolute Gasteiger partial charge is 0.394 e. The molecule has 4 atom stereocenters. The number of aromatic nitrogens is 2. The summed E-state index contributed by atoms with van der Waals surface area (Å²) in [6, 6.07) is 3.03. The van der Waals surface area contributed by atoms with Gasteiger partial charge in [0, 0.05) is 24.6 Å². The van der Waals surface area contributed by atoms with Crippen LogP contribution < -0.4 is 11.2 Å². The molecule has 102 valence electrons. The molecule has 8 heteroatoms. The highest BCUT2D eigenvalue weighted by Gasteiger charge is 2.44. The fourth-order valence-electron chi connectivity index (χ4n) is 2.19. The van der Waals surface area contributed by atoms with Crippen LogP contribution in [0.25, 0.3) is 0 Å². The van der Waals surface area contributed by atoms with Crippen molar-refractivity contribution >= 4 is 0 Å². The van der Waals surface area contributed by atoms with Crippen molar-refractivity contribution in [3.8, 4) is 6.07 Å². The Labute approximate surface area is 107 Å². The maximum Gasteiger partial charge on any atom is 0.330 e. The summed E-state index contributed by atoms with van der Waals surface area (Å²) < 4.78 is 6.42. The molecule has 1 fully saturated rings. The number of nitrogens with one attached hydrogen (secondary N) is 1. The molecule has 19 heavy (non-hydrogen) atoms. The minimum absolute atomic E-state index is 0.000989. The molecule has 1 aliphatic heterocycles. The van der Waals surface area contributed by atoms with Crippen LogP contribution in [0.15, 0.2) is 21.9 Å². The first-order valence-corrected chi connectivity index (χ1v) is 5.71. The van der Waals surface area contributed by atoms with E-state index in [4.69, 9.17) is 15.1 Å². The highest BCUT2D eigenvalue weighted by atomic mass is 16.5. The van der Waals surface area contributed by atoms with Crippen LogP contribution in [-0.4, -0.2) is 38.6 Å². The Hall–Kier alpha value is -1.95. The van der Waals surface area contributed by atoms with Crippen molar-refractivity contribution in [1.82, 2.24) is 9.55 Å². The molecule has 0 spiro atoms. The first kappa shape index (κ1) is 13.5. The number of aliphatic hydroxyl groups excluding tert-OH is 2. The normalized spacial score (nSPS) is 30.2. The monoisotopic (exact) mass is 267 g/mol. The van der Waals surface area contributed by atoms with Crippen LogP contribution >= 0.6 is 0 Å². The lowest BCUT2D eigenvalue weighted by molar-refractivity contribution is -0.0535. The fraction of sp³-hybridized carbons (Fsp3) is 0.545. The van der Waals surface area contributed by atoms with Gasteiger partial charge in [0.05, 0.1) is 18.8 Å². The number of aliphatic hydroxyl groups is 2. The quantitative estimate of drug-likeness (QED) is 0.600. The topological polar surface area (TPSA) is 128 Å². The zero-order valence-corrected chi connectivity index (χ0v) is 9.89. The van der Waals surface area contributed by atoms with Crippen molar-refractivity contribution in [2.75, 3.05) is 6.61 Å².